The Kier molecular flexibility index (Phi) is 2.94. The van der Waals surface area contributed by atoms with Gasteiger partial charge in [0, 0.05) is 11.0 Å². The number of fused-ring (bicyclic) bond motifs is 1. The van der Waals surface area contributed by atoms with Crippen LogP contribution >= 0.6 is 0 Å². The lowest BCUT2D eigenvalue weighted by molar-refractivity contribution is 0.100. The Morgan fingerprint density at radius 3 is 2.42 bits per heavy atom. The summed E-state index contributed by atoms with van der Waals surface area (Å²) >= 11 is 0. The molecule has 1 heterocycles. The first-order valence-electron chi connectivity index (χ1n) is 5.45. The summed E-state index contributed by atoms with van der Waals surface area (Å²) in [5, 5.41) is 1.19. The van der Waals surface area contributed by atoms with Gasteiger partial charge < -0.3 is 11.5 Å². The van der Waals surface area contributed by atoms with Crippen molar-refractivity contribution in [2.45, 2.75) is 18.7 Å². The quantitative estimate of drug-likeness (QED) is 0.575. The molecule has 0 saturated carbocycles. The van der Waals surface area contributed by atoms with E-state index in [1.807, 2.05) is 0 Å². The number of aliphatic imine (C=N–C) groups is 1. The molecule has 0 saturated heterocycles. The molecule has 1 amide bonds. The Morgan fingerprint density at radius 1 is 1.21 bits per heavy atom. The number of rotatable bonds is 1. The zero-order valence-electron chi connectivity index (χ0n) is 10.5. The maximum atomic E-state index is 11.9. The van der Waals surface area contributed by atoms with E-state index in [1.54, 1.807) is 19.9 Å². The van der Waals surface area contributed by atoms with E-state index in [0.717, 1.165) is 0 Å². The monoisotopic (exact) mass is 279 g/mol. The van der Waals surface area contributed by atoms with Crippen LogP contribution in [-0.2, 0) is 9.84 Å². The van der Waals surface area contributed by atoms with Crippen molar-refractivity contribution in [3.05, 3.63) is 34.2 Å². The van der Waals surface area contributed by atoms with Gasteiger partial charge in [-0.15, -0.1) is 0 Å². The predicted octanol–water partition coefficient (Wildman–Crippen LogP) is 0.557. The molecule has 0 atom stereocenters. The van der Waals surface area contributed by atoms with Crippen molar-refractivity contribution in [3.8, 4) is 0 Å². The van der Waals surface area contributed by atoms with E-state index >= 15 is 0 Å². The minimum atomic E-state index is -3.48. The van der Waals surface area contributed by atoms with Crippen LogP contribution < -0.4 is 11.5 Å². The van der Waals surface area contributed by atoms with Crippen LogP contribution in [-0.4, -0.2) is 20.3 Å². The van der Waals surface area contributed by atoms with Crippen LogP contribution in [0.1, 0.15) is 28.4 Å². The Balaban J connectivity index is 2.66. The van der Waals surface area contributed by atoms with Gasteiger partial charge in [0.15, 0.2) is 5.96 Å². The van der Waals surface area contributed by atoms with Gasteiger partial charge in [-0.1, -0.05) is 0 Å². The van der Waals surface area contributed by atoms with Gasteiger partial charge in [-0.25, -0.2) is 8.42 Å². The maximum absolute atomic E-state index is 11.9. The number of carbonyl (C=O) groups is 1. The van der Waals surface area contributed by atoms with Crippen molar-refractivity contribution in [2.75, 3.05) is 0 Å². The fraction of sp³-hybridized carbons (Fsp3) is 0.167. The number of aryl methyl sites for hydroxylation is 1. The summed E-state index contributed by atoms with van der Waals surface area (Å²) in [6.45, 7) is 3.41. The van der Waals surface area contributed by atoms with Crippen LogP contribution in [0.25, 0.3) is 5.57 Å². The summed E-state index contributed by atoms with van der Waals surface area (Å²) in [5.74, 6) is -1.01. The summed E-state index contributed by atoms with van der Waals surface area (Å²) in [6, 6.07) is 2.98. The molecule has 1 aromatic carbocycles. The highest BCUT2D eigenvalue weighted by Crippen LogP contribution is 2.35. The first-order chi connectivity index (χ1) is 8.72. The second kappa shape index (κ2) is 4.20. The van der Waals surface area contributed by atoms with Gasteiger partial charge in [0.2, 0.25) is 9.84 Å². The fourth-order valence-corrected chi connectivity index (χ4v) is 3.53. The minimum Gasteiger partial charge on any atom is -0.370 e. The molecule has 0 aliphatic carbocycles. The van der Waals surface area contributed by atoms with Crippen LogP contribution in [0.3, 0.4) is 0 Å². The van der Waals surface area contributed by atoms with Crippen LogP contribution in [0.2, 0.25) is 0 Å². The number of guanidine groups is 1. The molecule has 0 bridgehead atoms. The van der Waals surface area contributed by atoms with Gasteiger partial charge in [-0.05, 0) is 42.7 Å². The molecule has 0 aromatic heterocycles. The molecule has 1 aliphatic rings. The van der Waals surface area contributed by atoms with E-state index in [9.17, 15) is 13.2 Å². The molecule has 2 rings (SSSR count). The SMILES string of the molecule is CC1=CS(=O)(=O)c2cc(C(=O)N=C(N)N)c(C)cc21. The normalized spacial score (nSPS) is 15.6. The van der Waals surface area contributed by atoms with Gasteiger partial charge in [0.1, 0.15) is 0 Å². The average Bonchev–Trinajstić information content (AvgIpc) is 2.47. The molecule has 0 unspecified atom stereocenters. The number of nitrogens with zero attached hydrogens (tertiary/aromatic N) is 1. The lowest BCUT2D eigenvalue weighted by atomic mass is 10.0. The summed E-state index contributed by atoms with van der Waals surface area (Å²) in [6.07, 6.45) is 0. The van der Waals surface area contributed by atoms with Gasteiger partial charge >= 0.3 is 0 Å². The summed E-state index contributed by atoms with van der Waals surface area (Å²) in [4.78, 5) is 15.3. The van der Waals surface area contributed by atoms with Crippen LogP contribution in [0, 0.1) is 6.92 Å². The number of amides is 1. The lowest BCUT2D eigenvalue weighted by Gasteiger charge is -2.07. The molecule has 1 aliphatic heterocycles. The molecule has 19 heavy (non-hydrogen) atoms. The number of hydrogen-bond acceptors (Lipinski definition) is 3. The van der Waals surface area contributed by atoms with E-state index in [4.69, 9.17) is 11.5 Å². The van der Waals surface area contributed by atoms with Crippen molar-refractivity contribution in [1.29, 1.82) is 0 Å². The molecule has 0 fully saturated rings. The molecule has 6 nitrogen and oxygen atoms in total. The Bertz CT molecular complexity index is 742. The van der Waals surface area contributed by atoms with E-state index < -0.39 is 15.7 Å². The fourth-order valence-electron chi connectivity index (χ4n) is 2.00. The van der Waals surface area contributed by atoms with E-state index in [1.165, 1.54) is 11.5 Å². The molecule has 7 heteroatoms. The van der Waals surface area contributed by atoms with Gasteiger partial charge in [0.05, 0.1) is 4.90 Å². The zero-order chi connectivity index (χ0) is 14.4. The average molecular weight is 279 g/mol. The number of benzene rings is 1. The van der Waals surface area contributed by atoms with Crippen LogP contribution in [0.15, 0.2) is 27.4 Å². The van der Waals surface area contributed by atoms with Crippen molar-refractivity contribution < 1.29 is 13.2 Å². The van der Waals surface area contributed by atoms with Crippen LogP contribution in [0.4, 0.5) is 0 Å². The smallest absolute Gasteiger partial charge is 0.280 e. The van der Waals surface area contributed by atoms with Crippen LogP contribution in [0.5, 0.6) is 0 Å². The molecular weight excluding hydrogens is 266 g/mol. The molecule has 1 aromatic rings. The van der Waals surface area contributed by atoms with E-state index in [-0.39, 0.29) is 16.4 Å². The summed E-state index contributed by atoms with van der Waals surface area (Å²) in [5.41, 5.74) is 12.4. The first-order valence-corrected chi connectivity index (χ1v) is 6.99. The number of sulfone groups is 1. The van der Waals surface area contributed by atoms with Gasteiger partial charge in [0.25, 0.3) is 5.91 Å². The summed E-state index contributed by atoms with van der Waals surface area (Å²) in [7, 11) is -3.48. The molecule has 100 valence electrons. The Hall–Kier alpha value is -2.15. The van der Waals surface area contributed by atoms with Gasteiger partial charge in [-0.3, -0.25) is 4.79 Å². The number of allylic oxidation sites excluding steroid dienone is 1. The van der Waals surface area contributed by atoms with Crippen molar-refractivity contribution in [3.63, 3.8) is 0 Å². The second-order valence-electron chi connectivity index (χ2n) is 4.35. The highest BCUT2D eigenvalue weighted by atomic mass is 32.2. The maximum Gasteiger partial charge on any atom is 0.280 e. The predicted molar refractivity (Wildman–Crippen MR) is 72.2 cm³/mol. The zero-order valence-corrected chi connectivity index (χ0v) is 11.3. The first kappa shape index (κ1) is 13.3. The van der Waals surface area contributed by atoms with Crippen molar-refractivity contribution in [2.24, 2.45) is 16.5 Å². The highest BCUT2D eigenvalue weighted by Gasteiger charge is 2.27. The van der Waals surface area contributed by atoms with Crippen molar-refractivity contribution >= 4 is 27.3 Å². The number of carbonyl (C=O) groups excluding carboxylic acids is 1. The van der Waals surface area contributed by atoms with E-state index in [2.05, 4.69) is 4.99 Å². The molecule has 4 N–H and O–H groups in total. The van der Waals surface area contributed by atoms with Gasteiger partial charge in [-0.2, -0.15) is 4.99 Å². The minimum absolute atomic E-state index is 0.116. The third-order valence-electron chi connectivity index (χ3n) is 2.85. The Morgan fingerprint density at radius 2 is 1.84 bits per heavy atom. The molecular formula is C12H13N3O3S. The third kappa shape index (κ3) is 2.24. The molecule has 0 radical (unpaired) electrons. The highest BCUT2D eigenvalue weighted by molar-refractivity contribution is 7.95. The number of hydrogen-bond donors (Lipinski definition) is 2. The summed E-state index contributed by atoms with van der Waals surface area (Å²) < 4.78 is 23.8. The van der Waals surface area contributed by atoms with E-state index in [0.29, 0.717) is 16.7 Å². The third-order valence-corrected chi connectivity index (χ3v) is 4.47. The largest absolute Gasteiger partial charge is 0.370 e. The Labute approximate surface area is 110 Å². The standard InChI is InChI=1S/C12H13N3O3S/c1-6-3-8-7(2)5-19(17,18)10(8)4-9(6)11(16)15-12(13)14/h3-5H,1-2H3,(H4,13,14,15,16). The second-order valence-corrected chi connectivity index (χ2v) is 6.12. The lowest BCUT2D eigenvalue weighted by Crippen LogP contribution is -2.24. The van der Waals surface area contributed by atoms with Crippen molar-refractivity contribution in [1.82, 2.24) is 0 Å². The number of nitrogens with two attached hydrogens (primary N) is 2. The molecule has 0 spiro atoms. The topological polar surface area (TPSA) is 116 Å².